The zero-order valence-electron chi connectivity index (χ0n) is 19.7. The van der Waals surface area contributed by atoms with E-state index in [-0.39, 0.29) is 22.3 Å². The minimum absolute atomic E-state index is 0.209. The van der Waals surface area contributed by atoms with Crippen molar-refractivity contribution in [2.45, 2.75) is 117 Å². The van der Waals surface area contributed by atoms with Crippen LogP contribution in [-0.4, -0.2) is 28.8 Å². The van der Waals surface area contributed by atoms with E-state index in [2.05, 4.69) is 117 Å². The Hall–Kier alpha value is 0.824. The van der Waals surface area contributed by atoms with Gasteiger partial charge in [0.1, 0.15) is 0 Å². The Bertz CT molecular complexity index is 469. The average molecular weight is 513 g/mol. The van der Waals surface area contributed by atoms with Gasteiger partial charge in [-0.1, -0.05) is 54.5 Å². The zero-order valence-corrected chi connectivity index (χ0v) is 23.9. The first-order valence-electron chi connectivity index (χ1n) is 10.00. The van der Waals surface area contributed by atoms with Crippen LogP contribution in [0.4, 0.5) is 0 Å². The fraction of sp³-hybridized carbons (Fsp3) is 0.905. The van der Waals surface area contributed by atoms with E-state index in [4.69, 9.17) is 8.85 Å². The van der Waals surface area contributed by atoms with Crippen molar-refractivity contribution in [1.29, 1.82) is 0 Å². The van der Waals surface area contributed by atoms with E-state index in [1.807, 2.05) is 0 Å². The maximum atomic E-state index is 6.86. The normalized spacial score (nSPS) is 18.6. The fourth-order valence-corrected chi connectivity index (χ4v) is 5.89. The van der Waals surface area contributed by atoms with E-state index in [0.29, 0.717) is 5.92 Å². The molecular weight excluding hydrogens is 467 g/mol. The van der Waals surface area contributed by atoms with Crippen LogP contribution in [0.3, 0.4) is 0 Å². The van der Waals surface area contributed by atoms with Gasteiger partial charge < -0.3 is 8.85 Å². The van der Waals surface area contributed by atoms with Gasteiger partial charge in [-0.3, -0.25) is 0 Å². The van der Waals surface area contributed by atoms with Crippen LogP contribution < -0.4 is 0 Å². The summed E-state index contributed by atoms with van der Waals surface area (Å²) in [6.07, 6.45) is 3.73. The smallest absolute Gasteiger partial charge is 0.192 e. The quantitative estimate of drug-likeness (QED) is 0.241. The Morgan fingerprint density at radius 3 is 1.62 bits per heavy atom. The molecule has 0 saturated carbocycles. The van der Waals surface area contributed by atoms with E-state index >= 15 is 0 Å². The molecule has 0 fully saturated rings. The average Bonchev–Trinajstić information content (AvgIpc) is 2.32. The summed E-state index contributed by atoms with van der Waals surface area (Å²) in [6.45, 7) is 29.9. The van der Waals surface area contributed by atoms with Crippen LogP contribution in [0.2, 0.25) is 36.3 Å². The van der Waals surface area contributed by atoms with Gasteiger partial charge in [-0.25, -0.2) is 0 Å². The van der Waals surface area contributed by atoms with Gasteiger partial charge in [-0.2, -0.15) is 0 Å². The lowest BCUT2D eigenvalue weighted by atomic mass is 9.99. The second-order valence-electron chi connectivity index (χ2n) is 11.0. The topological polar surface area (TPSA) is 18.5 Å². The molecule has 0 aliphatic carbocycles. The largest absolute Gasteiger partial charge is 0.414 e. The maximum Gasteiger partial charge on any atom is 0.192 e. The highest BCUT2D eigenvalue weighted by molar-refractivity contribution is 14.1. The minimum Gasteiger partial charge on any atom is -0.414 e. The van der Waals surface area contributed by atoms with E-state index in [1.54, 1.807) is 0 Å². The molecule has 0 N–H and O–H groups in total. The molecule has 0 aromatic carbocycles. The third kappa shape index (κ3) is 8.45. The summed E-state index contributed by atoms with van der Waals surface area (Å²) in [5.41, 5.74) is 0. The summed E-state index contributed by atoms with van der Waals surface area (Å²) in [4.78, 5) is 0. The van der Waals surface area contributed by atoms with Crippen molar-refractivity contribution in [2.24, 2.45) is 5.92 Å². The molecule has 0 aliphatic rings. The Kier molecular flexibility index (Phi) is 9.85. The molecule has 2 nitrogen and oxygen atoms in total. The van der Waals surface area contributed by atoms with E-state index in [1.165, 1.54) is 3.58 Å². The highest BCUT2D eigenvalue weighted by Gasteiger charge is 2.42. The highest BCUT2D eigenvalue weighted by atomic mass is 127. The van der Waals surface area contributed by atoms with Gasteiger partial charge in [0, 0.05) is 12.0 Å². The molecule has 26 heavy (non-hydrogen) atoms. The van der Waals surface area contributed by atoms with Crippen LogP contribution >= 0.6 is 22.6 Å². The summed E-state index contributed by atoms with van der Waals surface area (Å²) < 4.78 is 14.8. The summed E-state index contributed by atoms with van der Waals surface area (Å²) in [7, 11) is -3.58. The van der Waals surface area contributed by atoms with Crippen molar-refractivity contribution in [2.75, 3.05) is 0 Å². The third-order valence-corrected chi connectivity index (χ3v) is 15.7. The van der Waals surface area contributed by atoms with Crippen molar-refractivity contribution < 1.29 is 8.85 Å². The Morgan fingerprint density at radius 2 is 1.27 bits per heavy atom. The molecule has 0 aromatic rings. The Balaban J connectivity index is 5.41. The van der Waals surface area contributed by atoms with E-state index in [0.717, 1.165) is 6.42 Å². The Morgan fingerprint density at radius 1 is 0.885 bits per heavy atom. The maximum absolute atomic E-state index is 6.86. The molecule has 5 heteroatoms. The van der Waals surface area contributed by atoms with Gasteiger partial charge in [-0.15, -0.1) is 0 Å². The van der Waals surface area contributed by atoms with Crippen molar-refractivity contribution >= 4 is 39.2 Å². The lowest BCUT2D eigenvalue weighted by molar-refractivity contribution is 0.0801. The fourth-order valence-electron chi connectivity index (χ4n) is 2.45. The molecule has 3 atom stereocenters. The van der Waals surface area contributed by atoms with Crippen molar-refractivity contribution in [3.63, 3.8) is 0 Å². The molecule has 0 rings (SSSR count). The van der Waals surface area contributed by atoms with Gasteiger partial charge in [0.2, 0.25) is 0 Å². The predicted octanol–water partition coefficient (Wildman–Crippen LogP) is 8.15. The molecule has 0 aromatic heterocycles. The molecule has 0 heterocycles. The van der Waals surface area contributed by atoms with Crippen LogP contribution in [0.15, 0.2) is 9.66 Å². The van der Waals surface area contributed by atoms with Crippen LogP contribution in [0.1, 0.15) is 68.7 Å². The molecule has 0 spiro atoms. The SMILES string of the molecule is C/C(I)=C/[C@@H](C)[C@@H](C[C@@H](C)O[Si](C)(C)C(C)(C)C)O[Si](C)(C)C(C)(C)C. The molecule has 0 bridgehead atoms. The molecule has 0 saturated heterocycles. The first-order chi connectivity index (χ1) is 11.3. The summed E-state index contributed by atoms with van der Waals surface area (Å²) in [6, 6.07) is 0. The van der Waals surface area contributed by atoms with E-state index < -0.39 is 16.6 Å². The minimum atomic E-state index is -1.82. The lowest BCUT2D eigenvalue weighted by Gasteiger charge is -2.43. The first kappa shape index (κ1) is 26.8. The molecule has 0 radical (unpaired) electrons. The van der Waals surface area contributed by atoms with Crippen LogP contribution in [0.5, 0.6) is 0 Å². The number of rotatable bonds is 8. The summed E-state index contributed by atoms with van der Waals surface area (Å²) in [5, 5.41) is 0.457. The third-order valence-electron chi connectivity index (χ3n) is 6.20. The Labute approximate surface area is 180 Å². The van der Waals surface area contributed by atoms with Crippen molar-refractivity contribution in [3.05, 3.63) is 9.66 Å². The number of hydrogen-bond acceptors (Lipinski definition) is 2. The van der Waals surface area contributed by atoms with Crippen molar-refractivity contribution in [3.8, 4) is 0 Å². The van der Waals surface area contributed by atoms with Gasteiger partial charge in [0.15, 0.2) is 16.6 Å². The van der Waals surface area contributed by atoms with Crippen LogP contribution in [0.25, 0.3) is 0 Å². The highest BCUT2D eigenvalue weighted by Crippen LogP contribution is 2.40. The van der Waals surface area contributed by atoms with Crippen molar-refractivity contribution in [1.82, 2.24) is 0 Å². The molecule has 0 unspecified atom stereocenters. The van der Waals surface area contributed by atoms with Gasteiger partial charge in [-0.05, 0) is 82.7 Å². The number of hydrogen-bond donors (Lipinski definition) is 0. The monoisotopic (exact) mass is 512 g/mol. The van der Waals surface area contributed by atoms with Gasteiger partial charge in [0.05, 0.1) is 6.10 Å². The molecule has 0 amide bonds. The van der Waals surface area contributed by atoms with Crippen LogP contribution in [-0.2, 0) is 8.85 Å². The standard InChI is InChI=1S/C21H45IO2Si2/c1-16(14-17(2)22)19(24-26(12,13)21(7,8)9)15-18(3)23-25(10,11)20(4,5)6/h14,16,18-19H,15H2,1-13H3/b17-14-/t16-,18-,19-/m1/s1. The summed E-state index contributed by atoms with van der Waals surface area (Å²) >= 11 is 2.40. The first-order valence-corrected chi connectivity index (χ1v) is 16.9. The molecule has 0 aliphatic heterocycles. The number of halogens is 1. The zero-order chi connectivity index (χ0) is 21.1. The van der Waals surface area contributed by atoms with E-state index in [9.17, 15) is 0 Å². The molecular formula is C21H45IO2Si2. The van der Waals surface area contributed by atoms with Gasteiger partial charge >= 0.3 is 0 Å². The second kappa shape index (κ2) is 9.55. The summed E-state index contributed by atoms with van der Waals surface area (Å²) in [5.74, 6) is 0.395. The predicted molar refractivity (Wildman–Crippen MR) is 131 cm³/mol. The number of allylic oxidation sites excluding steroid dienone is 1. The molecule has 156 valence electrons. The van der Waals surface area contributed by atoms with Crippen LogP contribution in [0, 0.1) is 5.92 Å². The lowest BCUT2D eigenvalue weighted by Crippen LogP contribution is -2.48. The second-order valence-corrected chi connectivity index (χ2v) is 22.2. The van der Waals surface area contributed by atoms with Gasteiger partial charge in [0.25, 0.3) is 0 Å².